The van der Waals surface area contributed by atoms with Gasteiger partial charge in [-0.25, -0.2) is 0 Å². The van der Waals surface area contributed by atoms with Crippen LogP contribution in [0.25, 0.3) is 0 Å². The normalized spacial score (nSPS) is 18.7. The highest BCUT2D eigenvalue weighted by Gasteiger charge is 2.23. The molecule has 132 valence electrons. The average molecular weight is 355 g/mol. The van der Waals surface area contributed by atoms with Crippen molar-refractivity contribution in [1.29, 1.82) is 0 Å². The number of piperidine rings is 1. The van der Waals surface area contributed by atoms with Crippen LogP contribution in [0, 0.1) is 0 Å². The third kappa shape index (κ3) is 4.13. The second-order valence-corrected chi connectivity index (χ2v) is 8.41. The van der Waals surface area contributed by atoms with Crippen molar-refractivity contribution in [3.05, 3.63) is 57.3 Å². The summed E-state index contributed by atoms with van der Waals surface area (Å²) in [5.41, 5.74) is 2.79. The number of carbonyl (C=O) groups excluding carboxylic acids is 1. The van der Waals surface area contributed by atoms with Gasteiger partial charge in [-0.15, -0.1) is 11.3 Å². The first-order valence-electron chi connectivity index (χ1n) is 9.46. The summed E-state index contributed by atoms with van der Waals surface area (Å²) >= 11 is 1.71. The molecule has 1 saturated heterocycles. The molecule has 3 nitrogen and oxygen atoms in total. The van der Waals surface area contributed by atoms with E-state index in [1.165, 1.54) is 28.8 Å². The molecule has 4 rings (SSSR count). The fourth-order valence-corrected chi connectivity index (χ4v) is 5.09. The number of rotatable bonds is 4. The van der Waals surface area contributed by atoms with Crippen LogP contribution in [-0.4, -0.2) is 29.9 Å². The van der Waals surface area contributed by atoms with Gasteiger partial charge in [0.1, 0.15) is 0 Å². The van der Waals surface area contributed by atoms with Gasteiger partial charge in [0.15, 0.2) is 0 Å². The van der Waals surface area contributed by atoms with Crippen LogP contribution in [-0.2, 0) is 19.4 Å². The van der Waals surface area contributed by atoms with Gasteiger partial charge in [-0.2, -0.15) is 0 Å². The van der Waals surface area contributed by atoms with E-state index in [2.05, 4.69) is 46.6 Å². The van der Waals surface area contributed by atoms with E-state index in [4.69, 9.17) is 0 Å². The molecule has 1 aliphatic heterocycles. The first kappa shape index (κ1) is 16.8. The fraction of sp³-hybridized carbons (Fsp3) is 0.476. The Kier molecular flexibility index (Phi) is 5.18. The van der Waals surface area contributed by atoms with Gasteiger partial charge >= 0.3 is 0 Å². The molecule has 0 saturated carbocycles. The molecule has 0 bridgehead atoms. The van der Waals surface area contributed by atoms with E-state index in [1.807, 2.05) is 0 Å². The molecule has 1 N–H and O–H groups in total. The fourth-order valence-electron chi connectivity index (χ4n) is 3.94. The summed E-state index contributed by atoms with van der Waals surface area (Å²) in [4.78, 5) is 17.4. The highest BCUT2D eigenvalue weighted by Crippen LogP contribution is 2.29. The van der Waals surface area contributed by atoms with E-state index in [-0.39, 0.29) is 5.91 Å². The minimum absolute atomic E-state index is 0.140. The summed E-state index contributed by atoms with van der Waals surface area (Å²) in [5, 5.41) is 3.27. The number of thiophene rings is 1. The number of aryl methyl sites for hydroxylation is 2. The molecule has 0 atom stereocenters. The second-order valence-electron chi connectivity index (χ2n) is 7.28. The van der Waals surface area contributed by atoms with E-state index in [1.54, 1.807) is 11.3 Å². The number of hydrogen-bond donors (Lipinski definition) is 1. The first-order chi connectivity index (χ1) is 12.3. The Hall–Kier alpha value is -1.65. The Bertz CT molecular complexity index is 693. The average Bonchev–Trinajstić information content (AvgIpc) is 3.09. The number of hydrogen-bond acceptors (Lipinski definition) is 3. The van der Waals surface area contributed by atoms with Gasteiger partial charge in [-0.05, 0) is 55.7 Å². The highest BCUT2D eigenvalue weighted by atomic mass is 32.1. The summed E-state index contributed by atoms with van der Waals surface area (Å²) in [6, 6.07) is 13.1. The van der Waals surface area contributed by atoms with Gasteiger partial charge in [0.25, 0.3) is 5.91 Å². The van der Waals surface area contributed by atoms with Crippen molar-refractivity contribution in [2.45, 2.75) is 51.1 Å². The third-order valence-electron chi connectivity index (χ3n) is 5.39. The number of amides is 1. The Morgan fingerprint density at radius 3 is 2.64 bits per heavy atom. The van der Waals surface area contributed by atoms with Gasteiger partial charge in [0.2, 0.25) is 0 Å². The number of likely N-dealkylation sites (tertiary alicyclic amines) is 1. The molecule has 1 fully saturated rings. The van der Waals surface area contributed by atoms with E-state index in [0.29, 0.717) is 6.04 Å². The lowest BCUT2D eigenvalue weighted by molar-refractivity contribution is 0.0913. The topological polar surface area (TPSA) is 32.3 Å². The summed E-state index contributed by atoms with van der Waals surface area (Å²) in [6.07, 6.45) is 6.94. The van der Waals surface area contributed by atoms with Crippen LogP contribution >= 0.6 is 11.3 Å². The number of nitrogens with one attached hydrogen (secondary N) is 1. The van der Waals surface area contributed by atoms with Crippen LogP contribution < -0.4 is 5.32 Å². The largest absolute Gasteiger partial charge is 0.349 e. The van der Waals surface area contributed by atoms with E-state index in [9.17, 15) is 4.79 Å². The van der Waals surface area contributed by atoms with Gasteiger partial charge < -0.3 is 5.32 Å². The Morgan fingerprint density at radius 2 is 1.88 bits per heavy atom. The summed E-state index contributed by atoms with van der Waals surface area (Å²) < 4.78 is 0. The van der Waals surface area contributed by atoms with Gasteiger partial charge in [-0.1, -0.05) is 30.3 Å². The molecular formula is C21H26N2OS. The van der Waals surface area contributed by atoms with Crippen LogP contribution in [0.1, 0.15) is 51.4 Å². The van der Waals surface area contributed by atoms with E-state index >= 15 is 0 Å². The van der Waals surface area contributed by atoms with Gasteiger partial charge in [0.05, 0.1) is 4.88 Å². The number of carbonyl (C=O) groups is 1. The van der Waals surface area contributed by atoms with Crippen molar-refractivity contribution in [2.75, 3.05) is 13.1 Å². The third-order valence-corrected chi connectivity index (χ3v) is 6.63. The maximum absolute atomic E-state index is 12.6. The van der Waals surface area contributed by atoms with Crippen molar-refractivity contribution in [2.24, 2.45) is 0 Å². The second kappa shape index (κ2) is 7.71. The SMILES string of the molecule is O=C(NC1CCN(Cc2ccccc2)CC1)c1cc2c(s1)CCCC2. The van der Waals surface area contributed by atoms with Crippen molar-refractivity contribution in [3.8, 4) is 0 Å². The van der Waals surface area contributed by atoms with Gasteiger partial charge in [-0.3, -0.25) is 9.69 Å². The maximum atomic E-state index is 12.6. The van der Waals surface area contributed by atoms with E-state index < -0.39 is 0 Å². The minimum atomic E-state index is 0.140. The lowest BCUT2D eigenvalue weighted by atomic mass is 9.99. The van der Waals surface area contributed by atoms with Crippen LogP contribution in [0.3, 0.4) is 0 Å². The van der Waals surface area contributed by atoms with Crippen LogP contribution in [0.5, 0.6) is 0 Å². The van der Waals surface area contributed by atoms with Crippen molar-refractivity contribution in [1.82, 2.24) is 10.2 Å². The monoisotopic (exact) mass is 354 g/mol. The summed E-state index contributed by atoms with van der Waals surface area (Å²) in [6.45, 7) is 3.13. The van der Waals surface area contributed by atoms with Gasteiger partial charge in [0, 0.05) is 30.6 Å². The zero-order valence-corrected chi connectivity index (χ0v) is 15.5. The lowest BCUT2D eigenvalue weighted by Crippen LogP contribution is -2.44. The molecule has 1 amide bonds. The molecule has 1 aromatic heterocycles. The molecule has 0 unspecified atom stereocenters. The molecular weight excluding hydrogens is 328 g/mol. The number of benzene rings is 1. The lowest BCUT2D eigenvalue weighted by Gasteiger charge is -2.32. The summed E-state index contributed by atoms with van der Waals surface area (Å²) in [5.74, 6) is 0.140. The Morgan fingerprint density at radius 1 is 1.12 bits per heavy atom. The molecule has 4 heteroatoms. The van der Waals surface area contributed by atoms with Crippen molar-refractivity contribution >= 4 is 17.2 Å². The first-order valence-corrected chi connectivity index (χ1v) is 10.3. The predicted octanol–water partition coefficient (Wildman–Crippen LogP) is 4.02. The van der Waals surface area contributed by atoms with Crippen LogP contribution in [0.2, 0.25) is 0 Å². The molecule has 1 aliphatic carbocycles. The van der Waals surface area contributed by atoms with Crippen LogP contribution in [0.4, 0.5) is 0 Å². The number of fused-ring (bicyclic) bond motifs is 1. The molecule has 2 heterocycles. The molecule has 2 aliphatic rings. The molecule has 0 spiro atoms. The molecule has 1 aromatic carbocycles. The zero-order chi connectivity index (χ0) is 17.1. The molecule has 0 radical (unpaired) electrons. The molecule has 2 aromatic rings. The van der Waals surface area contributed by atoms with Crippen molar-refractivity contribution < 1.29 is 4.79 Å². The standard InChI is InChI=1S/C21H26N2OS/c24-21(20-14-17-8-4-5-9-19(17)25-20)22-18-10-12-23(13-11-18)15-16-6-2-1-3-7-16/h1-3,6-7,14,18H,4-5,8-13,15H2,(H,22,24). The van der Waals surface area contributed by atoms with E-state index in [0.717, 1.165) is 50.2 Å². The Balaban J connectivity index is 1.28. The Labute approximate surface area is 154 Å². The summed E-state index contributed by atoms with van der Waals surface area (Å²) in [7, 11) is 0. The predicted molar refractivity (Wildman–Crippen MR) is 103 cm³/mol. The minimum Gasteiger partial charge on any atom is -0.349 e. The maximum Gasteiger partial charge on any atom is 0.261 e. The van der Waals surface area contributed by atoms with Crippen LogP contribution in [0.15, 0.2) is 36.4 Å². The number of nitrogens with zero attached hydrogens (tertiary/aromatic N) is 1. The van der Waals surface area contributed by atoms with Crippen molar-refractivity contribution in [3.63, 3.8) is 0 Å². The smallest absolute Gasteiger partial charge is 0.261 e. The quantitative estimate of drug-likeness (QED) is 0.899. The highest BCUT2D eigenvalue weighted by molar-refractivity contribution is 7.14. The molecule has 25 heavy (non-hydrogen) atoms. The zero-order valence-electron chi connectivity index (χ0n) is 14.7.